The zero-order chi connectivity index (χ0) is 23.3. The number of benzene rings is 2. The molecule has 3 rings (SSSR count). The first kappa shape index (κ1) is 23.2. The van der Waals surface area contributed by atoms with Gasteiger partial charge in [-0.1, -0.05) is 17.7 Å². The van der Waals surface area contributed by atoms with Gasteiger partial charge in [-0.15, -0.1) is 0 Å². The zero-order valence-corrected chi connectivity index (χ0v) is 18.7. The Balaban J connectivity index is 1.58. The molecule has 1 heterocycles. The van der Waals surface area contributed by atoms with E-state index in [1.54, 1.807) is 49.4 Å². The molecule has 2 aromatic rings. The maximum absolute atomic E-state index is 13.0. The van der Waals surface area contributed by atoms with E-state index in [2.05, 4.69) is 10.6 Å². The fraction of sp³-hybridized carbons (Fsp3) is 0.318. The fourth-order valence-corrected chi connectivity index (χ4v) is 3.40. The smallest absolute Gasteiger partial charge is 0.325 e. The highest BCUT2D eigenvalue weighted by Crippen LogP contribution is 2.35. The first-order chi connectivity index (χ1) is 15.3. The molecule has 0 radical (unpaired) electrons. The zero-order valence-electron chi connectivity index (χ0n) is 17.9. The molecule has 0 saturated carbocycles. The van der Waals surface area contributed by atoms with Crippen molar-refractivity contribution in [1.82, 2.24) is 15.5 Å². The van der Waals surface area contributed by atoms with E-state index in [-0.39, 0.29) is 13.2 Å². The third-order valence-corrected chi connectivity index (χ3v) is 5.30. The number of carbonyl (C=O) groups is 3. The fourth-order valence-electron chi connectivity index (χ4n) is 3.27. The Bertz CT molecular complexity index is 1010. The van der Waals surface area contributed by atoms with Gasteiger partial charge in [0.15, 0.2) is 11.5 Å². The molecule has 0 aliphatic carbocycles. The number of amides is 4. The van der Waals surface area contributed by atoms with Crippen molar-refractivity contribution in [3.05, 3.63) is 53.1 Å². The molecule has 170 valence electrons. The summed E-state index contributed by atoms with van der Waals surface area (Å²) in [4.78, 5) is 38.6. The quantitative estimate of drug-likeness (QED) is 0.438. The molecule has 1 fully saturated rings. The average Bonchev–Trinajstić information content (AvgIpc) is 3.01. The van der Waals surface area contributed by atoms with Gasteiger partial charge in [0, 0.05) is 5.02 Å². The van der Waals surface area contributed by atoms with Crippen LogP contribution in [0.2, 0.25) is 5.02 Å². The lowest BCUT2D eigenvalue weighted by molar-refractivity contribution is -0.134. The Hall–Kier alpha value is -3.46. The summed E-state index contributed by atoms with van der Waals surface area (Å²) in [6.45, 7) is 1.59. The van der Waals surface area contributed by atoms with E-state index < -0.39 is 29.9 Å². The lowest BCUT2D eigenvalue weighted by Gasteiger charge is -2.23. The van der Waals surface area contributed by atoms with Crippen LogP contribution in [0.1, 0.15) is 12.5 Å². The molecule has 0 aromatic heterocycles. The summed E-state index contributed by atoms with van der Waals surface area (Å²) in [5.74, 6) is 0.509. The topological polar surface area (TPSA) is 106 Å². The number of imide groups is 1. The van der Waals surface area contributed by atoms with Gasteiger partial charge in [-0.05, 0) is 48.9 Å². The van der Waals surface area contributed by atoms with Gasteiger partial charge in [0.05, 0.1) is 20.8 Å². The van der Waals surface area contributed by atoms with Crippen molar-refractivity contribution in [2.24, 2.45) is 0 Å². The van der Waals surface area contributed by atoms with Crippen LogP contribution < -0.4 is 24.8 Å². The Kier molecular flexibility index (Phi) is 7.09. The van der Waals surface area contributed by atoms with E-state index in [1.807, 2.05) is 0 Å². The van der Waals surface area contributed by atoms with Gasteiger partial charge in [0.25, 0.3) is 5.91 Å². The van der Waals surface area contributed by atoms with Crippen molar-refractivity contribution in [3.8, 4) is 17.2 Å². The number of carbonyl (C=O) groups excluding carboxylic acids is 3. The number of nitrogens with one attached hydrogen (secondary N) is 2. The molecule has 0 spiro atoms. The molecule has 2 aromatic carbocycles. The number of hydrogen-bond donors (Lipinski definition) is 2. The van der Waals surface area contributed by atoms with Gasteiger partial charge >= 0.3 is 6.03 Å². The lowest BCUT2D eigenvalue weighted by Crippen LogP contribution is -2.43. The molecule has 0 bridgehead atoms. The summed E-state index contributed by atoms with van der Waals surface area (Å²) >= 11 is 5.82. The summed E-state index contributed by atoms with van der Waals surface area (Å²) in [5.41, 5.74) is -0.831. The van der Waals surface area contributed by atoms with Crippen molar-refractivity contribution in [2.75, 3.05) is 33.9 Å². The van der Waals surface area contributed by atoms with E-state index in [9.17, 15) is 14.4 Å². The van der Waals surface area contributed by atoms with Crippen molar-refractivity contribution in [1.29, 1.82) is 0 Å². The molecule has 0 unspecified atom stereocenters. The van der Waals surface area contributed by atoms with Crippen LogP contribution in [0.15, 0.2) is 42.5 Å². The molecule has 1 saturated heterocycles. The molecule has 9 nitrogen and oxygen atoms in total. The first-order valence-electron chi connectivity index (χ1n) is 9.80. The SMILES string of the molecule is COc1ccc([C@@]2(C)NC(=O)N(CC(=O)NCCOc3ccc(Cl)cc3)C2=O)cc1OC. The number of hydrogen-bond acceptors (Lipinski definition) is 6. The average molecular weight is 462 g/mol. The third kappa shape index (κ3) is 4.88. The number of methoxy groups -OCH3 is 2. The van der Waals surface area contributed by atoms with Crippen LogP contribution in [0.5, 0.6) is 17.2 Å². The van der Waals surface area contributed by atoms with Gasteiger partial charge in [-0.2, -0.15) is 0 Å². The molecule has 10 heteroatoms. The second-order valence-corrected chi connectivity index (χ2v) is 7.60. The van der Waals surface area contributed by atoms with Gasteiger partial charge < -0.3 is 24.8 Å². The number of ether oxygens (including phenoxy) is 3. The molecular weight excluding hydrogens is 438 g/mol. The van der Waals surface area contributed by atoms with Crippen LogP contribution in [-0.4, -0.2) is 56.7 Å². The highest BCUT2D eigenvalue weighted by molar-refractivity contribution is 6.30. The number of urea groups is 1. The van der Waals surface area contributed by atoms with Crippen molar-refractivity contribution >= 4 is 29.4 Å². The molecule has 4 amide bonds. The summed E-state index contributed by atoms with van der Waals surface area (Å²) in [6, 6.07) is 11.1. The second kappa shape index (κ2) is 9.78. The summed E-state index contributed by atoms with van der Waals surface area (Å²) in [6.07, 6.45) is 0. The standard InChI is InChI=1S/C22H24ClN3O6/c1-22(14-4-9-17(30-2)18(12-14)31-3)20(28)26(21(29)25-22)13-19(27)24-10-11-32-16-7-5-15(23)6-8-16/h4-9,12H,10-11,13H2,1-3H3,(H,24,27)(H,25,29)/t22-/m1/s1. The highest BCUT2D eigenvalue weighted by atomic mass is 35.5. The van der Waals surface area contributed by atoms with E-state index in [4.69, 9.17) is 25.8 Å². The minimum atomic E-state index is -1.34. The number of halogens is 1. The largest absolute Gasteiger partial charge is 0.493 e. The third-order valence-electron chi connectivity index (χ3n) is 5.04. The van der Waals surface area contributed by atoms with Crippen LogP contribution in [0.25, 0.3) is 0 Å². The second-order valence-electron chi connectivity index (χ2n) is 7.17. The van der Waals surface area contributed by atoms with Crippen molar-refractivity contribution < 1.29 is 28.6 Å². The van der Waals surface area contributed by atoms with Gasteiger partial charge in [-0.25, -0.2) is 4.79 Å². The highest BCUT2D eigenvalue weighted by Gasteiger charge is 2.49. The molecule has 2 N–H and O–H groups in total. The van der Waals surface area contributed by atoms with Crippen molar-refractivity contribution in [3.63, 3.8) is 0 Å². The Labute approximate surface area is 190 Å². The van der Waals surface area contributed by atoms with E-state index in [0.717, 1.165) is 4.90 Å². The van der Waals surface area contributed by atoms with Crippen LogP contribution in [0.3, 0.4) is 0 Å². The van der Waals surface area contributed by atoms with Crippen molar-refractivity contribution in [2.45, 2.75) is 12.5 Å². The summed E-state index contributed by atoms with van der Waals surface area (Å²) < 4.78 is 16.0. The van der Waals surface area contributed by atoms with Crippen LogP contribution >= 0.6 is 11.6 Å². The van der Waals surface area contributed by atoms with Crippen LogP contribution in [0, 0.1) is 0 Å². The van der Waals surface area contributed by atoms with Gasteiger partial charge in [0.2, 0.25) is 5.91 Å². The first-order valence-corrected chi connectivity index (χ1v) is 10.2. The lowest BCUT2D eigenvalue weighted by atomic mass is 9.91. The molecule has 32 heavy (non-hydrogen) atoms. The maximum atomic E-state index is 13.0. The van der Waals surface area contributed by atoms with Gasteiger partial charge in [0.1, 0.15) is 24.4 Å². The van der Waals surface area contributed by atoms with E-state index in [0.29, 0.717) is 27.8 Å². The molecule has 1 aliphatic heterocycles. The maximum Gasteiger partial charge on any atom is 0.325 e. The number of rotatable bonds is 9. The minimum Gasteiger partial charge on any atom is -0.493 e. The van der Waals surface area contributed by atoms with Crippen LogP contribution in [0.4, 0.5) is 4.79 Å². The number of nitrogens with zero attached hydrogens (tertiary/aromatic N) is 1. The Morgan fingerprint density at radius 2 is 1.78 bits per heavy atom. The predicted molar refractivity (Wildman–Crippen MR) is 117 cm³/mol. The monoisotopic (exact) mass is 461 g/mol. The molecule has 1 aliphatic rings. The van der Waals surface area contributed by atoms with Crippen LogP contribution in [-0.2, 0) is 15.1 Å². The van der Waals surface area contributed by atoms with E-state index >= 15 is 0 Å². The minimum absolute atomic E-state index is 0.206. The summed E-state index contributed by atoms with van der Waals surface area (Å²) in [5, 5.41) is 5.89. The molecule has 1 atom stereocenters. The molecular formula is C22H24ClN3O6. The Morgan fingerprint density at radius 1 is 1.09 bits per heavy atom. The van der Waals surface area contributed by atoms with Gasteiger partial charge in [-0.3, -0.25) is 14.5 Å². The van der Waals surface area contributed by atoms with E-state index in [1.165, 1.54) is 14.2 Å². The normalized spacial score (nSPS) is 17.7. The summed E-state index contributed by atoms with van der Waals surface area (Å²) in [7, 11) is 2.98. The predicted octanol–water partition coefficient (Wildman–Crippen LogP) is 2.32. The Morgan fingerprint density at radius 3 is 2.44 bits per heavy atom.